The molecule has 0 heterocycles. The second-order valence-corrected chi connectivity index (χ2v) is 6.57. The van der Waals surface area contributed by atoms with Crippen molar-refractivity contribution >= 4 is 5.91 Å². The summed E-state index contributed by atoms with van der Waals surface area (Å²) in [6.07, 6.45) is 2.65. The van der Waals surface area contributed by atoms with Crippen molar-refractivity contribution in [2.75, 3.05) is 13.1 Å². The van der Waals surface area contributed by atoms with Gasteiger partial charge in [-0.1, -0.05) is 34.6 Å². The lowest BCUT2D eigenvalue weighted by atomic mass is 9.87. The van der Waals surface area contributed by atoms with Gasteiger partial charge in [-0.15, -0.1) is 0 Å². The Balaban J connectivity index is 3.90. The maximum absolute atomic E-state index is 11.6. The Labute approximate surface area is 100 Å². The van der Waals surface area contributed by atoms with Crippen LogP contribution in [0.4, 0.5) is 0 Å². The number of hydrogen-bond acceptors (Lipinski definition) is 2. The van der Waals surface area contributed by atoms with Gasteiger partial charge in [-0.3, -0.25) is 4.79 Å². The molecule has 0 saturated heterocycles. The zero-order valence-corrected chi connectivity index (χ0v) is 11.5. The van der Waals surface area contributed by atoms with Crippen LogP contribution in [0.2, 0.25) is 0 Å². The molecule has 3 heteroatoms. The summed E-state index contributed by atoms with van der Waals surface area (Å²) in [5.41, 5.74) is 5.69. The van der Waals surface area contributed by atoms with Crippen molar-refractivity contribution in [3.05, 3.63) is 0 Å². The molecule has 0 saturated carbocycles. The molecule has 0 fully saturated rings. The third-order valence-corrected chi connectivity index (χ3v) is 2.51. The maximum Gasteiger partial charge on any atom is 0.220 e. The van der Waals surface area contributed by atoms with E-state index in [1.807, 2.05) is 0 Å². The molecular formula is C13H28N2O. The van der Waals surface area contributed by atoms with Crippen LogP contribution in [0, 0.1) is 10.8 Å². The van der Waals surface area contributed by atoms with Crippen LogP contribution in [-0.4, -0.2) is 19.0 Å². The zero-order chi connectivity index (χ0) is 12.8. The molecule has 0 atom stereocenters. The van der Waals surface area contributed by atoms with Gasteiger partial charge in [-0.05, 0) is 30.2 Å². The fourth-order valence-electron chi connectivity index (χ4n) is 1.55. The number of nitrogens with one attached hydrogen (secondary N) is 1. The molecular weight excluding hydrogens is 200 g/mol. The van der Waals surface area contributed by atoms with Crippen LogP contribution in [0.1, 0.15) is 53.9 Å². The monoisotopic (exact) mass is 228 g/mol. The molecule has 0 rings (SSSR count). The minimum Gasteiger partial charge on any atom is -0.356 e. The summed E-state index contributed by atoms with van der Waals surface area (Å²) in [4.78, 5) is 11.6. The van der Waals surface area contributed by atoms with Crippen LogP contribution >= 0.6 is 0 Å². The molecule has 0 bridgehead atoms. The van der Waals surface area contributed by atoms with E-state index in [0.717, 1.165) is 25.9 Å². The minimum atomic E-state index is 0.0610. The van der Waals surface area contributed by atoms with Gasteiger partial charge in [0.2, 0.25) is 5.91 Å². The van der Waals surface area contributed by atoms with Gasteiger partial charge >= 0.3 is 0 Å². The van der Waals surface area contributed by atoms with Gasteiger partial charge in [0.05, 0.1) is 0 Å². The highest BCUT2D eigenvalue weighted by molar-refractivity contribution is 5.76. The summed E-state index contributed by atoms with van der Waals surface area (Å²) >= 11 is 0. The van der Waals surface area contributed by atoms with E-state index >= 15 is 0 Å². The molecule has 0 aromatic carbocycles. The second kappa shape index (κ2) is 6.24. The van der Waals surface area contributed by atoms with Crippen molar-refractivity contribution in [2.24, 2.45) is 16.6 Å². The van der Waals surface area contributed by atoms with Crippen molar-refractivity contribution in [1.29, 1.82) is 0 Å². The highest BCUT2D eigenvalue weighted by Crippen LogP contribution is 2.22. The quantitative estimate of drug-likeness (QED) is 0.733. The molecule has 0 aliphatic rings. The van der Waals surface area contributed by atoms with Crippen LogP contribution in [0.15, 0.2) is 0 Å². The lowest BCUT2D eigenvalue weighted by Crippen LogP contribution is -2.35. The second-order valence-electron chi connectivity index (χ2n) is 6.57. The standard InChI is InChI=1S/C13H28N2O/c1-12(2,3)9-11(16)15-10-13(4,5)7-6-8-14/h6-10,14H2,1-5H3,(H,15,16). The Morgan fingerprint density at radius 3 is 2.19 bits per heavy atom. The highest BCUT2D eigenvalue weighted by Gasteiger charge is 2.20. The SMILES string of the molecule is CC(C)(C)CC(=O)NCC(C)(C)CCCN. The van der Waals surface area contributed by atoms with Gasteiger partial charge in [0.1, 0.15) is 0 Å². The zero-order valence-electron chi connectivity index (χ0n) is 11.5. The maximum atomic E-state index is 11.6. The number of amides is 1. The number of carbonyl (C=O) groups excluding carboxylic acids is 1. The molecule has 0 unspecified atom stereocenters. The largest absolute Gasteiger partial charge is 0.356 e. The van der Waals surface area contributed by atoms with Gasteiger partial charge < -0.3 is 11.1 Å². The first-order valence-electron chi connectivity index (χ1n) is 6.13. The average molecular weight is 228 g/mol. The molecule has 96 valence electrons. The van der Waals surface area contributed by atoms with Crippen molar-refractivity contribution < 1.29 is 4.79 Å². The van der Waals surface area contributed by atoms with E-state index < -0.39 is 0 Å². The van der Waals surface area contributed by atoms with E-state index in [0.29, 0.717) is 6.42 Å². The molecule has 0 aromatic rings. The molecule has 0 aliphatic carbocycles. The van der Waals surface area contributed by atoms with E-state index in [1.165, 1.54) is 0 Å². The Morgan fingerprint density at radius 2 is 1.75 bits per heavy atom. The van der Waals surface area contributed by atoms with Crippen molar-refractivity contribution in [3.8, 4) is 0 Å². The average Bonchev–Trinajstić information content (AvgIpc) is 2.09. The van der Waals surface area contributed by atoms with Crippen LogP contribution in [0.5, 0.6) is 0 Å². The van der Waals surface area contributed by atoms with E-state index in [4.69, 9.17) is 5.73 Å². The molecule has 3 N–H and O–H groups in total. The predicted molar refractivity (Wildman–Crippen MR) is 69.2 cm³/mol. The first-order valence-corrected chi connectivity index (χ1v) is 6.13. The van der Waals surface area contributed by atoms with Crippen LogP contribution in [0.3, 0.4) is 0 Å². The summed E-state index contributed by atoms with van der Waals surface area (Å²) in [6.45, 7) is 12.0. The first kappa shape index (κ1) is 15.4. The summed E-state index contributed by atoms with van der Waals surface area (Å²) in [6, 6.07) is 0. The molecule has 0 radical (unpaired) electrons. The van der Waals surface area contributed by atoms with Crippen molar-refractivity contribution in [3.63, 3.8) is 0 Å². The normalized spacial score (nSPS) is 12.6. The fraction of sp³-hybridized carbons (Fsp3) is 0.923. The van der Waals surface area contributed by atoms with E-state index in [9.17, 15) is 4.79 Å². The van der Waals surface area contributed by atoms with E-state index in [2.05, 4.69) is 39.9 Å². The van der Waals surface area contributed by atoms with Crippen LogP contribution < -0.4 is 11.1 Å². The molecule has 1 amide bonds. The molecule has 0 aliphatic heterocycles. The van der Waals surface area contributed by atoms with E-state index in [-0.39, 0.29) is 16.7 Å². The highest BCUT2D eigenvalue weighted by atomic mass is 16.1. The van der Waals surface area contributed by atoms with Crippen molar-refractivity contribution in [2.45, 2.75) is 53.9 Å². The number of nitrogens with two attached hydrogens (primary N) is 1. The fourth-order valence-corrected chi connectivity index (χ4v) is 1.55. The molecule has 0 aromatic heterocycles. The number of carbonyl (C=O) groups is 1. The smallest absolute Gasteiger partial charge is 0.220 e. The Hall–Kier alpha value is -0.570. The van der Waals surface area contributed by atoms with Gasteiger partial charge in [0.15, 0.2) is 0 Å². The summed E-state index contributed by atoms with van der Waals surface area (Å²) < 4.78 is 0. The van der Waals surface area contributed by atoms with Crippen molar-refractivity contribution in [1.82, 2.24) is 5.32 Å². The minimum absolute atomic E-state index is 0.0610. The Kier molecular flexibility index (Phi) is 6.01. The Bertz CT molecular complexity index is 216. The van der Waals surface area contributed by atoms with E-state index in [1.54, 1.807) is 0 Å². The number of hydrogen-bond donors (Lipinski definition) is 2. The molecule has 3 nitrogen and oxygen atoms in total. The summed E-state index contributed by atoms with van der Waals surface area (Å²) in [7, 11) is 0. The third-order valence-electron chi connectivity index (χ3n) is 2.51. The molecule has 16 heavy (non-hydrogen) atoms. The van der Waals surface area contributed by atoms with Gasteiger partial charge in [-0.2, -0.15) is 0 Å². The first-order chi connectivity index (χ1) is 7.16. The molecule has 0 spiro atoms. The summed E-state index contributed by atoms with van der Waals surface area (Å²) in [5.74, 6) is 0.147. The van der Waals surface area contributed by atoms with Gasteiger partial charge in [-0.25, -0.2) is 0 Å². The van der Waals surface area contributed by atoms with Gasteiger partial charge in [0.25, 0.3) is 0 Å². The topological polar surface area (TPSA) is 55.1 Å². The summed E-state index contributed by atoms with van der Waals surface area (Å²) in [5, 5.41) is 3.01. The number of rotatable bonds is 6. The van der Waals surface area contributed by atoms with Crippen LogP contribution in [-0.2, 0) is 4.79 Å². The Morgan fingerprint density at radius 1 is 1.19 bits per heavy atom. The van der Waals surface area contributed by atoms with Crippen LogP contribution in [0.25, 0.3) is 0 Å². The lowest BCUT2D eigenvalue weighted by Gasteiger charge is -2.26. The predicted octanol–water partition coefficient (Wildman–Crippen LogP) is 2.30. The lowest BCUT2D eigenvalue weighted by molar-refractivity contribution is -0.123. The van der Waals surface area contributed by atoms with Gasteiger partial charge in [0, 0.05) is 13.0 Å². The third kappa shape index (κ3) is 8.72.